The summed E-state index contributed by atoms with van der Waals surface area (Å²) in [6, 6.07) is 0. The molecule has 0 bridgehead atoms. The second-order valence-electron chi connectivity index (χ2n) is 5.01. The van der Waals surface area contributed by atoms with Gasteiger partial charge in [0.1, 0.15) is 0 Å². The highest BCUT2D eigenvalue weighted by atomic mass is 16.2. The topological polar surface area (TPSA) is 75.0 Å². The molecule has 1 atom stereocenters. The lowest BCUT2D eigenvalue weighted by atomic mass is 10.0. The lowest BCUT2D eigenvalue weighted by molar-refractivity contribution is 0.0781. The van der Waals surface area contributed by atoms with E-state index in [1.165, 1.54) is 12.8 Å². The Kier molecular flexibility index (Phi) is 3.89. The summed E-state index contributed by atoms with van der Waals surface area (Å²) in [5.74, 6) is 0.617. The van der Waals surface area contributed by atoms with Crippen LogP contribution in [0.4, 0.5) is 5.69 Å². The number of carbonyl (C=O) groups excluding carboxylic acids is 1. The lowest BCUT2D eigenvalue weighted by Gasteiger charge is -2.15. The van der Waals surface area contributed by atoms with Gasteiger partial charge in [-0.2, -0.15) is 5.10 Å². The van der Waals surface area contributed by atoms with Crippen molar-refractivity contribution in [2.24, 2.45) is 5.92 Å². The zero-order valence-corrected chi connectivity index (χ0v) is 11.2. The minimum Gasteiger partial charge on any atom is -0.395 e. The van der Waals surface area contributed by atoms with Crippen molar-refractivity contribution in [1.29, 1.82) is 0 Å². The van der Waals surface area contributed by atoms with Crippen LogP contribution in [-0.2, 0) is 6.42 Å². The molecule has 0 aromatic carbocycles. The van der Waals surface area contributed by atoms with Gasteiger partial charge in [-0.05, 0) is 25.2 Å². The summed E-state index contributed by atoms with van der Waals surface area (Å²) in [6.07, 6.45) is 4.24. The largest absolute Gasteiger partial charge is 0.395 e. The summed E-state index contributed by atoms with van der Waals surface area (Å²) < 4.78 is 0. The number of hydrogen-bond acceptors (Lipinski definition) is 3. The van der Waals surface area contributed by atoms with Crippen molar-refractivity contribution in [3.05, 3.63) is 11.4 Å². The number of likely N-dealkylation sites (tertiary alicyclic amines) is 1. The standard InChI is InChI=1S/C13H22N4O/c1-3-5-9-6-7-17(8-9)13(18)12-11(14)10(4-2)15-16-12/h9H,3-8,14H2,1-2H3,(H,15,16). The number of amides is 1. The maximum atomic E-state index is 12.3. The molecule has 1 amide bonds. The summed E-state index contributed by atoms with van der Waals surface area (Å²) in [5.41, 5.74) is 7.69. The number of anilines is 1. The molecule has 0 aliphatic carbocycles. The maximum Gasteiger partial charge on any atom is 0.276 e. The Morgan fingerprint density at radius 3 is 2.94 bits per heavy atom. The quantitative estimate of drug-likeness (QED) is 0.855. The SMILES string of the molecule is CCCC1CCN(C(=O)c2n[nH]c(CC)c2N)C1. The molecular formula is C13H22N4O. The van der Waals surface area contributed by atoms with E-state index in [0.717, 1.165) is 31.6 Å². The van der Waals surface area contributed by atoms with Gasteiger partial charge in [-0.25, -0.2) is 0 Å². The predicted molar refractivity (Wildman–Crippen MR) is 71.3 cm³/mol. The first-order chi connectivity index (χ1) is 8.67. The highest BCUT2D eigenvalue weighted by Crippen LogP contribution is 2.24. The molecule has 1 unspecified atom stereocenters. The smallest absolute Gasteiger partial charge is 0.276 e. The van der Waals surface area contributed by atoms with Crippen molar-refractivity contribution in [2.45, 2.75) is 39.5 Å². The lowest BCUT2D eigenvalue weighted by Crippen LogP contribution is -2.29. The van der Waals surface area contributed by atoms with Crippen molar-refractivity contribution in [1.82, 2.24) is 15.1 Å². The van der Waals surface area contributed by atoms with E-state index in [2.05, 4.69) is 17.1 Å². The number of aromatic nitrogens is 2. The molecule has 0 radical (unpaired) electrons. The molecule has 1 aliphatic heterocycles. The number of nitrogens with two attached hydrogens (primary N) is 1. The normalized spacial score (nSPS) is 19.4. The number of rotatable bonds is 4. The Hall–Kier alpha value is -1.52. The fraction of sp³-hybridized carbons (Fsp3) is 0.692. The molecule has 1 aromatic heterocycles. The number of aryl methyl sites for hydroxylation is 1. The fourth-order valence-electron chi connectivity index (χ4n) is 2.63. The Labute approximate surface area is 108 Å². The van der Waals surface area contributed by atoms with Crippen molar-refractivity contribution in [2.75, 3.05) is 18.8 Å². The van der Waals surface area contributed by atoms with Gasteiger partial charge in [0, 0.05) is 13.1 Å². The van der Waals surface area contributed by atoms with Crippen molar-refractivity contribution in [3.8, 4) is 0 Å². The van der Waals surface area contributed by atoms with Gasteiger partial charge in [-0.1, -0.05) is 20.3 Å². The molecule has 5 heteroatoms. The molecule has 0 saturated carbocycles. The molecule has 1 aromatic rings. The molecule has 5 nitrogen and oxygen atoms in total. The predicted octanol–water partition coefficient (Wildman–Crippen LogP) is 1.82. The highest BCUT2D eigenvalue weighted by Gasteiger charge is 2.29. The summed E-state index contributed by atoms with van der Waals surface area (Å²) in [4.78, 5) is 14.2. The zero-order valence-electron chi connectivity index (χ0n) is 11.2. The van der Waals surface area contributed by atoms with Crippen LogP contribution >= 0.6 is 0 Å². The van der Waals surface area contributed by atoms with Crippen molar-refractivity contribution in [3.63, 3.8) is 0 Å². The van der Waals surface area contributed by atoms with Crippen LogP contribution < -0.4 is 5.73 Å². The van der Waals surface area contributed by atoms with Crippen LogP contribution in [0.2, 0.25) is 0 Å². The third-order valence-electron chi connectivity index (χ3n) is 3.71. The van der Waals surface area contributed by atoms with E-state index in [1.807, 2.05) is 11.8 Å². The van der Waals surface area contributed by atoms with E-state index in [1.54, 1.807) is 0 Å². The van der Waals surface area contributed by atoms with Crippen LogP contribution in [0.15, 0.2) is 0 Å². The molecule has 2 rings (SSSR count). The summed E-state index contributed by atoms with van der Waals surface area (Å²) in [7, 11) is 0. The van der Waals surface area contributed by atoms with E-state index < -0.39 is 0 Å². The average Bonchev–Trinajstić information content (AvgIpc) is 2.96. The molecule has 1 aliphatic rings. The summed E-state index contributed by atoms with van der Waals surface area (Å²) >= 11 is 0. The fourth-order valence-corrected chi connectivity index (χ4v) is 2.63. The van der Waals surface area contributed by atoms with Crippen LogP contribution in [0.3, 0.4) is 0 Å². The van der Waals surface area contributed by atoms with Gasteiger partial charge in [-0.3, -0.25) is 9.89 Å². The molecule has 2 heterocycles. The van der Waals surface area contributed by atoms with Gasteiger partial charge in [0.05, 0.1) is 11.4 Å². The second-order valence-corrected chi connectivity index (χ2v) is 5.01. The Morgan fingerprint density at radius 1 is 1.56 bits per heavy atom. The van der Waals surface area contributed by atoms with Crippen molar-refractivity contribution >= 4 is 11.6 Å². The first-order valence-electron chi connectivity index (χ1n) is 6.79. The Bertz CT molecular complexity index is 427. The van der Waals surface area contributed by atoms with Gasteiger partial charge in [-0.15, -0.1) is 0 Å². The van der Waals surface area contributed by atoms with Crippen LogP contribution in [-0.4, -0.2) is 34.1 Å². The number of hydrogen-bond donors (Lipinski definition) is 2. The molecule has 100 valence electrons. The van der Waals surface area contributed by atoms with Crippen LogP contribution in [0.25, 0.3) is 0 Å². The van der Waals surface area contributed by atoms with Gasteiger partial charge in [0.2, 0.25) is 0 Å². The number of nitrogens with one attached hydrogen (secondary N) is 1. The van der Waals surface area contributed by atoms with E-state index in [4.69, 9.17) is 5.73 Å². The zero-order chi connectivity index (χ0) is 13.1. The molecule has 0 spiro atoms. The van der Waals surface area contributed by atoms with Crippen LogP contribution in [0, 0.1) is 5.92 Å². The minimum absolute atomic E-state index is 0.0259. The van der Waals surface area contributed by atoms with Crippen molar-refractivity contribution < 1.29 is 4.79 Å². The third kappa shape index (κ3) is 2.35. The maximum absolute atomic E-state index is 12.3. The summed E-state index contributed by atoms with van der Waals surface area (Å²) in [5, 5.41) is 6.90. The third-order valence-corrected chi connectivity index (χ3v) is 3.71. The molecule has 1 fully saturated rings. The number of H-pyrrole nitrogens is 1. The van der Waals surface area contributed by atoms with E-state index in [-0.39, 0.29) is 5.91 Å². The van der Waals surface area contributed by atoms with Gasteiger partial charge in [0.25, 0.3) is 5.91 Å². The minimum atomic E-state index is -0.0259. The Balaban J connectivity index is 2.05. The van der Waals surface area contributed by atoms with E-state index in [9.17, 15) is 4.79 Å². The van der Waals surface area contributed by atoms with Gasteiger partial charge in [0.15, 0.2) is 5.69 Å². The second kappa shape index (κ2) is 5.42. The molecule has 1 saturated heterocycles. The highest BCUT2D eigenvalue weighted by molar-refractivity contribution is 5.97. The first-order valence-corrected chi connectivity index (χ1v) is 6.79. The van der Waals surface area contributed by atoms with Crippen LogP contribution in [0.5, 0.6) is 0 Å². The number of aromatic amines is 1. The van der Waals surface area contributed by atoms with E-state index >= 15 is 0 Å². The van der Waals surface area contributed by atoms with Gasteiger partial charge < -0.3 is 10.6 Å². The monoisotopic (exact) mass is 250 g/mol. The molecular weight excluding hydrogens is 228 g/mol. The van der Waals surface area contributed by atoms with Gasteiger partial charge >= 0.3 is 0 Å². The number of carbonyl (C=O) groups is 1. The number of nitrogens with zero attached hydrogens (tertiary/aromatic N) is 2. The van der Waals surface area contributed by atoms with E-state index in [0.29, 0.717) is 17.3 Å². The average molecular weight is 250 g/mol. The van der Waals surface area contributed by atoms with Crippen LogP contribution in [0.1, 0.15) is 49.3 Å². The Morgan fingerprint density at radius 2 is 2.33 bits per heavy atom. The first kappa shape index (κ1) is 12.9. The molecule has 3 N–H and O–H groups in total. The summed E-state index contributed by atoms with van der Waals surface area (Å²) in [6.45, 7) is 5.85. The number of nitrogen functional groups attached to an aromatic ring is 1. The molecule has 18 heavy (non-hydrogen) atoms.